The highest BCUT2D eigenvalue weighted by Crippen LogP contribution is 2.21. The standard InChI is InChI=1S/C12H10ClN3O/c13-12-10-4-3-8(14)7-16(10)11(15-12)6-9-2-1-5-17-9/h1-5,7H,6,14H2. The molecule has 0 aromatic carbocycles. The second kappa shape index (κ2) is 3.82. The molecular formula is C12H10ClN3O. The van der Waals surface area contributed by atoms with Gasteiger partial charge in [-0.1, -0.05) is 11.6 Å². The van der Waals surface area contributed by atoms with Crippen LogP contribution in [0.3, 0.4) is 0 Å². The van der Waals surface area contributed by atoms with Crippen molar-refractivity contribution in [2.75, 3.05) is 5.73 Å². The van der Waals surface area contributed by atoms with E-state index in [1.54, 1.807) is 12.3 Å². The van der Waals surface area contributed by atoms with E-state index in [1.165, 1.54) is 0 Å². The normalized spacial score (nSPS) is 11.1. The Morgan fingerprint density at radius 3 is 3.00 bits per heavy atom. The fourth-order valence-electron chi connectivity index (χ4n) is 1.82. The van der Waals surface area contributed by atoms with Crippen molar-refractivity contribution in [1.29, 1.82) is 0 Å². The Morgan fingerprint density at radius 2 is 2.24 bits per heavy atom. The first-order chi connectivity index (χ1) is 8.24. The van der Waals surface area contributed by atoms with E-state index in [1.807, 2.05) is 28.8 Å². The number of nitrogens with two attached hydrogens (primary N) is 1. The number of aromatic nitrogens is 2. The number of nitrogens with zero attached hydrogens (tertiary/aromatic N) is 2. The predicted octanol–water partition coefficient (Wildman–Crippen LogP) is 2.75. The molecule has 17 heavy (non-hydrogen) atoms. The zero-order valence-electron chi connectivity index (χ0n) is 8.93. The fourth-order valence-corrected chi connectivity index (χ4v) is 2.07. The van der Waals surface area contributed by atoms with Crippen molar-refractivity contribution in [3.05, 3.63) is 53.5 Å². The minimum absolute atomic E-state index is 0.478. The monoisotopic (exact) mass is 247 g/mol. The van der Waals surface area contributed by atoms with Gasteiger partial charge in [0.1, 0.15) is 11.6 Å². The Bertz CT molecular complexity index is 658. The Balaban J connectivity index is 2.13. The van der Waals surface area contributed by atoms with Gasteiger partial charge in [-0.15, -0.1) is 0 Å². The average molecular weight is 248 g/mol. The predicted molar refractivity (Wildman–Crippen MR) is 66.1 cm³/mol. The molecule has 0 fully saturated rings. The number of hydrogen-bond donors (Lipinski definition) is 1. The van der Waals surface area contributed by atoms with E-state index < -0.39 is 0 Å². The summed E-state index contributed by atoms with van der Waals surface area (Å²) in [5.74, 6) is 1.66. The number of furan rings is 1. The van der Waals surface area contributed by atoms with Crippen molar-refractivity contribution >= 4 is 22.8 Å². The van der Waals surface area contributed by atoms with Gasteiger partial charge in [0.25, 0.3) is 0 Å². The number of nitrogen functional groups attached to an aromatic ring is 1. The van der Waals surface area contributed by atoms with Gasteiger partial charge in [0, 0.05) is 11.9 Å². The molecule has 3 aromatic heterocycles. The number of imidazole rings is 1. The van der Waals surface area contributed by atoms with E-state index in [0.717, 1.165) is 17.1 Å². The Kier molecular flexibility index (Phi) is 2.30. The van der Waals surface area contributed by atoms with Crippen LogP contribution in [0.1, 0.15) is 11.6 Å². The lowest BCUT2D eigenvalue weighted by Gasteiger charge is -2.00. The summed E-state index contributed by atoms with van der Waals surface area (Å²) >= 11 is 6.07. The van der Waals surface area contributed by atoms with Crippen LogP contribution in [0.5, 0.6) is 0 Å². The quantitative estimate of drug-likeness (QED) is 0.758. The van der Waals surface area contributed by atoms with Gasteiger partial charge < -0.3 is 10.2 Å². The van der Waals surface area contributed by atoms with E-state index >= 15 is 0 Å². The molecule has 0 unspecified atom stereocenters. The number of rotatable bonds is 2. The molecule has 0 saturated heterocycles. The molecule has 0 aliphatic rings. The molecule has 0 aliphatic heterocycles. The molecule has 5 heteroatoms. The first-order valence-electron chi connectivity index (χ1n) is 5.18. The maximum Gasteiger partial charge on any atom is 0.155 e. The SMILES string of the molecule is Nc1ccc2c(Cl)nc(Cc3ccco3)n2c1. The van der Waals surface area contributed by atoms with E-state index in [0.29, 0.717) is 17.3 Å². The van der Waals surface area contributed by atoms with Gasteiger partial charge >= 0.3 is 0 Å². The van der Waals surface area contributed by atoms with Gasteiger partial charge in [0.15, 0.2) is 5.15 Å². The zero-order chi connectivity index (χ0) is 11.8. The number of fused-ring (bicyclic) bond motifs is 1. The van der Waals surface area contributed by atoms with Crippen molar-refractivity contribution in [2.24, 2.45) is 0 Å². The van der Waals surface area contributed by atoms with Crippen molar-refractivity contribution in [3.63, 3.8) is 0 Å². The van der Waals surface area contributed by atoms with Crippen LogP contribution in [0, 0.1) is 0 Å². The maximum absolute atomic E-state index is 6.07. The first kappa shape index (κ1) is 10.2. The lowest BCUT2D eigenvalue weighted by Crippen LogP contribution is -1.97. The molecule has 0 atom stereocenters. The summed E-state index contributed by atoms with van der Waals surface area (Å²) in [6.45, 7) is 0. The van der Waals surface area contributed by atoms with E-state index in [2.05, 4.69) is 4.98 Å². The van der Waals surface area contributed by atoms with Crippen molar-refractivity contribution in [2.45, 2.75) is 6.42 Å². The molecule has 0 bridgehead atoms. The van der Waals surface area contributed by atoms with Crippen molar-refractivity contribution < 1.29 is 4.42 Å². The zero-order valence-corrected chi connectivity index (χ0v) is 9.69. The minimum Gasteiger partial charge on any atom is -0.469 e. The van der Waals surface area contributed by atoms with E-state index in [9.17, 15) is 0 Å². The van der Waals surface area contributed by atoms with Crippen molar-refractivity contribution in [1.82, 2.24) is 9.38 Å². The summed E-state index contributed by atoms with van der Waals surface area (Å²) in [4.78, 5) is 4.32. The summed E-state index contributed by atoms with van der Waals surface area (Å²) in [6.07, 6.45) is 4.04. The van der Waals surface area contributed by atoms with Crippen LogP contribution in [0.15, 0.2) is 41.1 Å². The van der Waals surface area contributed by atoms with Crippen LogP contribution in [0.25, 0.3) is 5.52 Å². The number of pyridine rings is 1. The summed E-state index contributed by atoms with van der Waals surface area (Å²) in [7, 11) is 0. The van der Waals surface area contributed by atoms with E-state index in [-0.39, 0.29) is 0 Å². The largest absolute Gasteiger partial charge is 0.469 e. The van der Waals surface area contributed by atoms with Gasteiger partial charge in [-0.25, -0.2) is 4.98 Å². The highest BCUT2D eigenvalue weighted by atomic mass is 35.5. The molecule has 0 radical (unpaired) electrons. The lowest BCUT2D eigenvalue weighted by atomic mass is 10.3. The van der Waals surface area contributed by atoms with E-state index in [4.69, 9.17) is 21.8 Å². The molecular weight excluding hydrogens is 238 g/mol. The lowest BCUT2D eigenvalue weighted by molar-refractivity contribution is 0.516. The summed E-state index contributed by atoms with van der Waals surface area (Å²) < 4.78 is 7.19. The molecule has 0 saturated carbocycles. The third-order valence-corrected chi connectivity index (χ3v) is 2.88. The second-order valence-electron chi connectivity index (χ2n) is 3.79. The van der Waals surface area contributed by atoms with Gasteiger partial charge in [-0.2, -0.15) is 0 Å². The summed E-state index contributed by atoms with van der Waals surface area (Å²) in [6, 6.07) is 7.41. The molecule has 3 heterocycles. The highest BCUT2D eigenvalue weighted by Gasteiger charge is 2.11. The van der Waals surface area contributed by atoms with Gasteiger partial charge in [-0.3, -0.25) is 4.40 Å². The minimum atomic E-state index is 0.478. The number of anilines is 1. The Labute approximate surface area is 103 Å². The molecule has 4 nitrogen and oxygen atoms in total. The van der Waals surface area contributed by atoms with Crippen LogP contribution in [-0.4, -0.2) is 9.38 Å². The third kappa shape index (κ3) is 1.76. The number of hydrogen-bond acceptors (Lipinski definition) is 3. The Morgan fingerprint density at radius 1 is 1.35 bits per heavy atom. The first-order valence-corrected chi connectivity index (χ1v) is 5.56. The molecule has 86 valence electrons. The second-order valence-corrected chi connectivity index (χ2v) is 4.15. The average Bonchev–Trinajstić information content (AvgIpc) is 2.89. The molecule has 0 amide bonds. The summed E-state index contributed by atoms with van der Waals surface area (Å²) in [5.41, 5.74) is 7.28. The third-order valence-electron chi connectivity index (χ3n) is 2.60. The van der Waals surface area contributed by atoms with Crippen LogP contribution in [0.4, 0.5) is 5.69 Å². The van der Waals surface area contributed by atoms with Gasteiger partial charge in [0.2, 0.25) is 0 Å². The number of halogens is 1. The van der Waals surface area contributed by atoms with Crippen molar-refractivity contribution in [3.8, 4) is 0 Å². The molecule has 0 spiro atoms. The molecule has 3 rings (SSSR count). The van der Waals surface area contributed by atoms with Crippen LogP contribution in [-0.2, 0) is 6.42 Å². The van der Waals surface area contributed by atoms with Gasteiger partial charge in [-0.05, 0) is 24.3 Å². The van der Waals surface area contributed by atoms with Crippen LogP contribution >= 0.6 is 11.6 Å². The summed E-state index contributed by atoms with van der Waals surface area (Å²) in [5, 5.41) is 0.478. The fraction of sp³-hybridized carbons (Fsp3) is 0.0833. The highest BCUT2D eigenvalue weighted by molar-refractivity contribution is 6.32. The van der Waals surface area contributed by atoms with Crippen LogP contribution < -0.4 is 5.73 Å². The smallest absolute Gasteiger partial charge is 0.155 e. The molecule has 3 aromatic rings. The van der Waals surface area contributed by atoms with Gasteiger partial charge in [0.05, 0.1) is 18.2 Å². The topological polar surface area (TPSA) is 56.5 Å². The molecule has 0 aliphatic carbocycles. The Hall–Kier alpha value is -1.94. The maximum atomic E-state index is 6.07. The molecule has 2 N–H and O–H groups in total. The van der Waals surface area contributed by atoms with Crippen LogP contribution in [0.2, 0.25) is 5.15 Å².